The molecule has 0 aliphatic carbocycles. The highest BCUT2D eigenvalue weighted by Gasteiger charge is 2.10. The Labute approximate surface area is 128 Å². The summed E-state index contributed by atoms with van der Waals surface area (Å²) in [6.07, 6.45) is 3.85. The van der Waals surface area contributed by atoms with Crippen LogP contribution in [0.5, 0.6) is 0 Å². The molecule has 2 aromatic rings. The van der Waals surface area contributed by atoms with E-state index in [4.69, 9.17) is 16.7 Å². The van der Waals surface area contributed by atoms with Crippen LogP contribution in [0.25, 0.3) is 5.69 Å². The summed E-state index contributed by atoms with van der Waals surface area (Å²) in [5.74, 6) is 0.0648. The van der Waals surface area contributed by atoms with Crippen LogP contribution < -0.4 is 5.32 Å². The molecule has 1 aromatic carbocycles. The maximum atomic E-state index is 12.0. The van der Waals surface area contributed by atoms with E-state index in [2.05, 4.69) is 10.4 Å². The van der Waals surface area contributed by atoms with E-state index < -0.39 is 0 Å². The van der Waals surface area contributed by atoms with Crippen molar-refractivity contribution >= 4 is 17.5 Å². The summed E-state index contributed by atoms with van der Waals surface area (Å²) in [5, 5.41) is 16.5. The molecule has 0 aliphatic heterocycles. The molecule has 0 bridgehead atoms. The minimum atomic E-state index is -0.173. The maximum Gasteiger partial charge on any atom is 0.254 e. The highest BCUT2D eigenvalue weighted by atomic mass is 35.5. The van der Waals surface area contributed by atoms with E-state index in [0.29, 0.717) is 23.6 Å². The van der Waals surface area contributed by atoms with Crippen molar-refractivity contribution in [1.82, 2.24) is 15.1 Å². The van der Waals surface area contributed by atoms with Crippen LogP contribution in [-0.4, -0.2) is 33.9 Å². The SMILES string of the molecule is CC(CCO)CNC(=O)c1cnn(-c2cccc(Cl)c2)c1. The number of amides is 1. The zero-order chi connectivity index (χ0) is 15.2. The molecule has 1 amide bonds. The van der Waals surface area contributed by atoms with Crippen LogP contribution in [0, 0.1) is 5.92 Å². The number of benzene rings is 1. The molecule has 0 aliphatic rings. The van der Waals surface area contributed by atoms with Gasteiger partial charge in [-0.3, -0.25) is 4.79 Å². The van der Waals surface area contributed by atoms with Crippen LogP contribution in [0.4, 0.5) is 0 Å². The van der Waals surface area contributed by atoms with Gasteiger partial charge in [-0.1, -0.05) is 24.6 Å². The second-order valence-corrected chi connectivity index (χ2v) is 5.42. The Kier molecular flexibility index (Phi) is 5.36. The summed E-state index contributed by atoms with van der Waals surface area (Å²) in [7, 11) is 0. The van der Waals surface area contributed by atoms with Gasteiger partial charge in [-0.05, 0) is 30.5 Å². The normalized spacial score (nSPS) is 12.1. The molecule has 5 nitrogen and oxygen atoms in total. The van der Waals surface area contributed by atoms with E-state index in [9.17, 15) is 4.79 Å². The molecular formula is C15H18ClN3O2. The highest BCUT2D eigenvalue weighted by molar-refractivity contribution is 6.30. The number of nitrogens with zero attached hydrogens (tertiary/aromatic N) is 2. The Morgan fingerprint density at radius 1 is 1.52 bits per heavy atom. The highest BCUT2D eigenvalue weighted by Crippen LogP contribution is 2.14. The fourth-order valence-corrected chi connectivity index (χ4v) is 2.08. The van der Waals surface area contributed by atoms with Crippen LogP contribution in [0.2, 0.25) is 5.02 Å². The van der Waals surface area contributed by atoms with Crippen molar-refractivity contribution in [3.63, 3.8) is 0 Å². The number of hydrogen-bond acceptors (Lipinski definition) is 3. The van der Waals surface area contributed by atoms with Gasteiger partial charge in [0.2, 0.25) is 0 Å². The van der Waals surface area contributed by atoms with Gasteiger partial charge in [-0.2, -0.15) is 5.10 Å². The Balaban J connectivity index is 2.01. The summed E-state index contributed by atoms with van der Waals surface area (Å²) in [4.78, 5) is 12.0. The first kappa shape index (κ1) is 15.5. The zero-order valence-electron chi connectivity index (χ0n) is 11.8. The Morgan fingerprint density at radius 2 is 2.33 bits per heavy atom. The number of aliphatic hydroxyl groups excluding tert-OH is 1. The molecule has 1 heterocycles. The minimum absolute atomic E-state index is 0.129. The van der Waals surface area contributed by atoms with Crippen LogP contribution >= 0.6 is 11.6 Å². The molecule has 1 atom stereocenters. The van der Waals surface area contributed by atoms with E-state index in [1.807, 2.05) is 19.1 Å². The van der Waals surface area contributed by atoms with Gasteiger partial charge in [0.05, 0.1) is 17.4 Å². The van der Waals surface area contributed by atoms with Gasteiger partial charge in [0.1, 0.15) is 0 Å². The summed E-state index contributed by atoms with van der Waals surface area (Å²) in [6, 6.07) is 7.25. The van der Waals surface area contributed by atoms with Crippen LogP contribution in [-0.2, 0) is 0 Å². The van der Waals surface area contributed by atoms with Gasteiger partial charge < -0.3 is 10.4 Å². The van der Waals surface area contributed by atoms with Gasteiger partial charge >= 0.3 is 0 Å². The lowest BCUT2D eigenvalue weighted by atomic mass is 10.1. The van der Waals surface area contributed by atoms with Crippen LogP contribution in [0.15, 0.2) is 36.7 Å². The third kappa shape index (κ3) is 4.31. The number of halogens is 1. The number of rotatable bonds is 6. The molecule has 21 heavy (non-hydrogen) atoms. The average molecular weight is 308 g/mol. The maximum absolute atomic E-state index is 12.0. The van der Waals surface area contributed by atoms with Crippen molar-refractivity contribution in [3.05, 3.63) is 47.2 Å². The average Bonchev–Trinajstić information content (AvgIpc) is 2.95. The molecule has 0 saturated heterocycles. The van der Waals surface area contributed by atoms with Gasteiger partial charge in [0.25, 0.3) is 5.91 Å². The Hall–Kier alpha value is -1.85. The molecule has 112 valence electrons. The van der Waals surface area contributed by atoms with E-state index in [1.54, 1.807) is 23.0 Å². The predicted molar refractivity (Wildman–Crippen MR) is 81.8 cm³/mol. The second kappa shape index (κ2) is 7.24. The van der Waals surface area contributed by atoms with Gasteiger partial charge in [0.15, 0.2) is 0 Å². The lowest BCUT2D eigenvalue weighted by Crippen LogP contribution is -2.28. The van der Waals surface area contributed by atoms with Gasteiger partial charge in [-0.25, -0.2) is 4.68 Å². The van der Waals surface area contributed by atoms with E-state index in [0.717, 1.165) is 5.69 Å². The van der Waals surface area contributed by atoms with Crippen molar-refractivity contribution in [2.45, 2.75) is 13.3 Å². The van der Waals surface area contributed by atoms with E-state index in [-0.39, 0.29) is 18.4 Å². The number of aliphatic hydroxyl groups is 1. The molecular weight excluding hydrogens is 290 g/mol. The molecule has 0 fully saturated rings. The van der Waals surface area contributed by atoms with Crippen molar-refractivity contribution in [3.8, 4) is 5.69 Å². The second-order valence-electron chi connectivity index (χ2n) is 4.98. The number of carbonyl (C=O) groups is 1. The van der Waals surface area contributed by atoms with Gasteiger partial charge in [0, 0.05) is 24.4 Å². The molecule has 1 aromatic heterocycles. The third-order valence-corrected chi connectivity index (χ3v) is 3.39. The summed E-state index contributed by atoms with van der Waals surface area (Å²) in [5.41, 5.74) is 1.29. The first-order valence-electron chi connectivity index (χ1n) is 6.80. The Morgan fingerprint density at radius 3 is 3.05 bits per heavy atom. The predicted octanol–water partition coefficient (Wildman–Crippen LogP) is 2.27. The standard InChI is InChI=1S/C15H18ClN3O2/c1-11(5-6-20)8-17-15(21)12-9-18-19(10-12)14-4-2-3-13(16)7-14/h2-4,7,9-11,20H,5-6,8H2,1H3,(H,17,21). The fourth-order valence-electron chi connectivity index (χ4n) is 1.89. The van der Waals surface area contributed by atoms with Crippen molar-refractivity contribution < 1.29 is 9.90 Å². The summed E-state index contributed by atoms with van der Waals surface area (Å²) in [6.45, 7) is 2.64. The van der Waals surface area contributed by atoms with Crippen molar-refractivity contribution in [2.75, 3.05) is 13.2 Å². The lowest BCUT2D eigenvalue weighted by molar-refractivity contribution is 0.0945. The van der Waals surface area contributed by atoms with Crippen LogP contribution in [0.3, 0.4) is 0 Å². The van der Waals surface area contributed by atoms with Crippen LogP contribution in [0.1, 0.15) is 23.7 Å². The first-order chi connectivity index (χ1) is 10.1. The minimum Gasteiger partial charge on any atom is -0.396 e. The van der Waals surface area contributed by atoms with E-state index >= 15 is 0 Å². The fraction of sp³-hybridized carbons (Fsp3) is 0.333. The molecule has 0 spiro atoms. The molecule has 1 unspecified atom stereocenters. The lowest BCUT2D eigenvalue weighted by Gasteiger charge is -2.10. The molecule has 2 rings (SSSR count). The smallest absolute Gasteiger partial charge is 0.254 e. The molecule has 0 radical (unpaired) electrons. The van der Waals surface area contributed by atoms with Crippen molar-refractivity contribution in [1.29, 1.82) is 0 Å². The van der Waals surface area contributed by atoms with E-state index in [1.165, 1.54) is 6.20 Å². The molecule has 0 saturated carbocycles. The zero-order valence-corrected chi connectivity index (χ0v) is 12.5. The number of aromatic nitrogens is 2. The summed E-state index contributed by atoms with van der Waals surface area (Å²) >= 11 is 5.94. The largest absolute Gasteiger partial charge is 0.396 e. The molecule has 2 N–H and O–H groups in total. The van der Waals surface area contributed by atoms with Gasteiger partial charge in [-0.15, -0.1) is 0 Å². The number of hydrogen-bond donors (Lipinski definition) is 2. The third-order valence-electron chi connectivity index (χ3n) is 3.15. The molecule has 6 heteroatoms. The number of nitrogens with one attached hydrogen (secondary N) is 1. The first-order valence-corrected chi connectivity index (χ1v) is 7.17. The summed E-state index contributed by atoms with van der Waals surface area (Å²) < 4.78 is 1.61. The number of carbonyl (C=O) groups excluding carboxylic acids is 1. The van der Waals surface area contributed by atoms with Crippen molar-refractivity contribution in [2.24, 2.45) is 5.92 Å². The topological polar surface area (TPSA) is 67.2 Å². The quantitative estimate of drug-likeness (QED) is 0.860. The monoisotopic (exact) mass is 307 g/mol. The Bertz CT molecular complexity index is 612.